The van der Waals surface area contributed by atoms with Crippen LogP contribution in [0.25, 0.3) is 22.2 Å². The van der Waals surface area contributed by atoms with Gasteiger partial charge in [0.25, 0.3) is 5.56 Å². The van der Waals surface area contributed by atoms with E-state index in [1.165, 1.54) is 47.5 Å². The normalized spacial score (nSPS) is 13.9. The van der Waals surface area contributed by atoms with E-state index >= 15 is 0 Å². The van der Waals surface area contributed by atoms with E-state index in [9.17, 15) is 22.8 Å². The molecule has 0 atom stereocenters. The molecule has 0 bridgehead atoms. The summed E-state index contributed by atoms with van der Waals surface area (Å²) in [6.07, 6.45) is -2.39. The van der Waals surface area contributed by atoms with Gasteiger partial charge in [-0.25, -0.2) is 9.07 Å². The molecule has 1 aliphatic rings. The van der Waals surface area contributed by atoms with Crippen LogP contribution in [0.5, 0.6) is 11.5 Å². The van der Waals surface area contributed by atoms with Crippen molar-refractivity contribution in [3.05, 3.63) is 64.8 Å². The summed E-state index contributed by atoms with van der Waals surface area (Å²) in [6.45, 7) is 1.39. The first-order valence-electron chi connectivity index (χ1n) is 10.2. The summed E-state index contributed by atoms with van der Waals surface area (Å²) in [4.78, 5) is 27.3. The summed E-state index contributed by atoms with van der Waals surface area (Å²) in [6, 6.07) is 9.60. The third-order valence-corrected chi connectivity index (χ3v) is 5.26. The van der Waals surface area contributed by atoms with E-state index < -0.39 is 30.1 Å². The van der Waals surface area contributed by atoms with Crippen LogP contribution in [0.1, 0.15) is 6.92 Å². The van der Waals surface area contributed by atoms with E-state index in [-0.39, 0.29) is 34.9 Å². The van der Waals surface area contributed by atoms with Crippen LogP contribution < -0.4 is 19.9 Å². The maximum atomic E-state index is 13.8. The average Bonchev–Trinajstić information content (AvgIpc) is 3.39. The number of H-pyrrole nitrogens is 1. The van der Waals surface area contributed by atoms with Gasteiger partial charge in [0, 0.05) is 23.9 Å². The van der Waals surface area contributed by atoms with E-state index in [0.717, 1.165) is 4.68 Å². The third-order valence-electron chi connectivity index (χ3n) is 5.26. The SMILES string of the molecule is CCN(C(=O)Cn1nc(-c2cccc(F)c2)c2cn[nH]c2c1=O)c1ccc2c(c1)OC(F)(F)O2. The molecule has 174 valence electrons. The summed E-state index contributed by atoms with van der Waals surface area (Å²) in [5.74, 6) is -1.39. The van der Waals surface area contributed by atoms with Gasteiger partial charge in [0.2, 0.25) is 5.91 Å². The quantitative estimate of drug-likeness (QED) is 0.479. The second-order valence-corrected chi connectivity index (χ2v) is 7.42. The van der Waals surface area contributed by atoms with E-state index in [1.54, 1.807) is 13.0 Å². The molecular formula is C22H16F3N5O4. The number of aromatic amines is 1. The molecule has 12 heteroatoms. The number of carbonyl (C=O) groups is 1. The first-order chi connectivity index (χ1) is 16.3. The van der Waals surface area contributed by atoms with Gasteiger partial charge in [-0.1, -0.05) is 12.1 Å². The van der Waals surface area contributed by atoms with Crippen molar-refractivity contribution in [2.24, 2.45) is 0 Å². The highest BCUT2D eigenvalue weighted by Crippen LogP contribution is 2.42. The van der Waals surface area contributed by atoms with Crippen molar-refractivity contribution >= 4 is 22.5 Å². The number of halogens is 3. The highest BCUT2D eigenvalue weighted by Gasteiger charge is 2.43. The number of nitrogens with zero attached hydrogens (tertiary/aromatic N) is 4. The van der Waals surface area contributed by atoms with Crippen molar-refractivity contribution in [3.8, 4) is 22.8 Å². The van der Waals surface area contributed by atoms with Crippen LogP contribution >= 0.6 is 0 Å². The summed E-state index contributed by atoms with van der Waals surface area (Å²) >= 11 is 0. The minimum atomic E-state index is -3.79. The molecule has 0 unspecified atom stereocenters. The van der Waals surface area contributed by atoms with Crippen LogP contribution in [-0.2, 0) is 11.3 Å². The summed E-state index contributed by atoms with van der Waals surface area (Å²) in [5, 5.41) is 11.1. The maximum absolute atomic E-state index is 13.8. The molecule has 9 nitrogen and oxygen atoms in total. The molecule has 0 spiro atoms. The van der Waals surface area contributed by atoms with Crippen LogP contribution in [0, 0.1) is 5.82 Å². The molecule has 0 radical (unpaired) electrons. The molecule has 1 amide bonds. The molecule has 2 aromatic heterocycles. The molecule has 3 heterocycles. The topological polar surface area (TPSA) is 102 Å². The van der Waals surface area contributed by atoms with E-state index in [2.05, 4.69) is 24.8 Å². The number of carbonyl (C=O) groups excluding carboxylic acids is 1. The van der Waals surface area contributed by atoms with Gasteiger partial charge < -0.3 is 14.4 Å². The Bertz CT molecular complexity index is 1480. The van der Waals surface area contributed by atoms with Gasteiger partial charge in [-0.2, -0.15) is 10.2 Å². The Morgan fingerprint density at radius 2 is 1.97 bits per heavy atom. The summed E-state index contributed by atoms with van der Waals surface area (Å²) in [7, 11) is 0. The number of likely N-dealkylation sites (N-methyl/N-ethyl adjacent to an activating group) is 1. The van der Waals surface area contributed by atoms with Gasteiger partial charge >= 0.3 is 6.29 Å². The molecule has 0 fully saturated rings. The lowest BCUT2D eigenvalue weighted by atomic mass is 10.1. The maximum Gasteiger partial charge on any atom is 0.586 e. The van der Waals surface area contributed by atoms with Crippen LogP contribution in [0.3, 0.4) is 0 Å². The van der Waals surface area contributed by atoms with E-state index in [0.29, 0.717) is 10.9 Å². The molecule has 2 aromatic carbocycles. The lowest BCUT2D eigenvalue weighted by Crippen LogP contribution is -2.37. The van der Waals surface area contributed by atoms with Gasteiger partial charge in [0.1, 0.15) is 23.6 Å². The molecule has 4 aromatic rings. The Morgan fingerprint density at radius 3 is 2.74 bits per heavy atom. The second-order valence-electron chi connectivity index (χ2n) is 7.42. The number of amides is 1. The third kappa shape index (κ3) is 3.72. The van der Waals surface area contributed by atoms with Crippen molar-refractivity contribution in [2.75, 3.05) is 11.4 Å². The van der Waals surface area contributed by atoms with E-state index in [1.807, 2.05) is 0 Å². The Labute approximate surface area is 189 Å². The highest BCUT2D eigenvalue weighted by atomic mass is 19.3. The number of benzene rings is 2. The predicted molar refractivity (Wildman–Crippen MR) is 114 cm³/mol. The van der Waals surface area contributed by atoms with Gasteiger partial charge in [-0.05, 0) is 31.2 Å². The molecule has 5 rings (SSSR count). The lowest BCUT2D eigenvalue weighted by molar-refractivity contribution is -0.286. The van der Waals surface area contributed by atoms with Gasteiger partial charge in [-0.15, -0.1) is 8.78 Å². The molecule has 34 heavy (non-hydrogen) atoms. The molecule has 1 aliphatic heterocycles. The Hall–Kier alpha value is -4.35. The number of rotatable bonds is 5. The van der Waals surface area contributed by atoms with Crippen molar-refractivity contribution in [1.82, 2.24) is 20.0 Å². The minimum absolute atomic E-state index is 0.107. The Kier molecular flexibility index (Phi) is 5.00. The Morgan fingerprint density at radius 1 is 1.18 bits per heavy atom. The highest BCUT2D eigenvalue weighted by molar-refractivity contribution is 5.94. The van der Waals surface area contributed by atoms with Crippen molar-refractivity contribution in [2.45, 2.75) is 19.8 Å². The largest absolute Gasteiger partial charge is 0.586 e. The zero-order chi connectivity index (χ0) is 24.0. The van der Waals surface area contributed by atoms with Crippen LogP contribution in [0.2, 0.25) is 0 Å². The van der Waals surface area contributed by atoms with Gasteiger partial charge in [0.15, 0.2) is 11.5 Å². The predicted octanol–water partition coefficient (Wildman–Crippen LogP) is 3.30. The monoisotopic (exact) mass is 471 g/mol. The number of ether oxygens (including phenoxy) is 2. The first-order valence-corrected chi connectivity index (χ1v) is 10.2. The molecule has 0 saturated heterocycles. The minimum Gasteiger partial charge on any atom is -0.395 e. The lowest BCUT2D eigenvalue weighted by Gasteiger charge is -2.21. The number of hydrogen-bond acceptors (Lipinski definition) is 6. The van der Waals surface area contributed by atoms with Crippen molar-refractivity contribution in [1.29, 1.82) is 0 Å². The fourth-order valence-electron chi connectivity index (χ4n) is 3.76. The second kappa shape index (κ2) is 7.90. The zero-order valence-corrected chi connectivity index (χ0v) is 17.6. The van der Waals surface area contributed by atoms with Crippen molar-refractivity contribution < 1.29 is 27.4 Å². The zero-order valence-electron chi connectivity index (χ0n) is 17.6. The molecular weight excluding hydrogens is 455 g/mol. The van der Waals surface area contributed by atoms with Crippen molar-refractivity contribution in [3.63, 3.8) is 0 Å². The number of hydrogen-bond donors (Lipinski definition) is 1. The first kappa shape index (κ1) is 21.5. The summed E-state index contributed by atoms with van der Waals surface area (Å²) < 4.78 is 50.3. The number of alkyl halides is 2. The number of aromatic nitrogens is 4. The van der Waals surface area contributed by atoms with Gasteiger partial charge in [0.05, 0.1) is 11.6 Å². The van der Waals surface area contributed by atoms with Crippen LogP contribution in [0.4, 0.5) is 18.9 Å². The van der Waals surface area contributed by atoms with Crippen LogP contribution in [0.15, 0.2) is 53.5 Å². The summed E-state index contributed by atoms with van der Waals surface area (Å²) in [5.41, 5.74) is 0.451. The van der Waals surface area contributed by atoms with Gasteiger partial charge in [-0.3, -0.25) is 14.7 Å². The van der Waals surface area contributed by atoms with Crippen LogP contribution in [-0.4, -0.2) is 38.7 Å². The fourth-order valence-corrected chi connectivity index (χ4v) is 3.76. The molecule has 0 saturated carbocycles. The fraction of sp³-hybridized carbons (Fsp3) is 0.182. The Balaban J connectivity index is 1.50. The molecule has 1 N–H and O–H groups in total. The smallest absolute Gasteiger partial charge is 0.395 e. The standard InChI is InChI=1S/C22H16F3N5O4/c1-2-29(14-6-7-16-17(9-14)34-22(24,25)33-16)18(31)11-30-21(32)20-15(10-26-27-20)19(28-30)12-4-3-5-13(23)8-12/h3-10H,2,11H2,1H3,(H,26,27). The number of anilines is 1. The molecule has 0 aliphatic carbocycles. The average molecular weight is 471 g/mol. The number of fused-ring (bicyclic) bond motifs is 2. The van der Waals surface area contributed by atoms with E-state index in [4.69, 9.17) is 0 Å². The number of nitrogens with one attached hydrogen (secondary N) is 1.